The summed E-state index contributed by atoms with van der Waals surface area (Å²) in [7, 11) is 0. The van der Waals surface area contributed by atoms with Gasteiger partial charge in [-0.25, -0.2) is 4.98 Å². The molecule has 0 saturated heterocycles. The number of benzene rings is 1. The van der Waals surface area contributed by atoms with Gasteiger partial charge in [0.25, 0.3) is 5.69 Å². The second-order valence-corrected chi connectivity index (χ2v) is 5.69. The molecule has 2 aromatic heterocycles. The lowest BCUT2D eigenvalue weighted by molar-refractivity contribution is -0.385. The van der Waals surface area contributed by atoms with Crippen LogP contribution in [0.2, 0.25) is 5.02 Å². The van der Waals surface area contributed by atoms with Crippen LogP contribution in [0.1, 0.15) is 11.3 Å². The minimum atomic E-state index is -0.418. The van der Waals surface area contributed by atoms with Gasteiger partial charge in [-0.2, -0.15) is 0 Å². The largest absolute Gasteiger partial charge is 0.330 e. The van der Waals surface area contributed by atoms with Crippen molar-refractivity contribution >= 4 is 22.9 Å². The van der Waals surface area contributed by atoms with E-state index in [1.807, 2.05) is 25.1 Å². The van der Waals surface area contributed by atoms with E-state index < -0.39 is 4.92 Å². The van der Waals surface area contributed by atoms with Crippen molar-refractivity contribution in [3.8, 4) is 11.3 Å². The van der Waals surface area contributed by atoms with Crippen LogP contribution >= 0.6 is 11.6 Å². The Morgan fingerprint density at radius 3 is 2.78 bits per heavy atom. The Morgan fingerprint density at radius 2 is 2.13 bits per heavy atom. The van der Waals surface area contributed by atoms with Gasteiger partial charge in [0.15, 0.2) is 0 Å². The first-order valence-electron chi connectivity index (χ1n) is 7.13. The Labute approximate surface area is 137 Å². The topological polar surface area (TPSA) is 86.5 Å². The molecule has 0 atom stereocenters. The molecule has 0 unspecified atom stereocenters. The summed E-state index contributed by atoms with van der Waals surface area (Å²) in [4.78, 5) is 15.2. The average Bonchev–Trinajstić information content (AvgIpc) is 2.87. The number of pyridine rings is 1. The Morgan fingerprint density at radius 1 is 1.35 bits per heavy atom. The number of nitro groups is 1. The Hall–Kier alpha value is -2.44. The van der Waals surface area contributed by atoms with Crippen LogP contribution < -0.4 is 5.73 Å². The van der Waals surface area contributed by atoms with Gasteiger partial charge in [0.05, 0.1) is 22.5 Å². The lowest BCUT2D eigenvalue weighted by atomic mass is 10.1. The average molecular weight is 331 g/mol. The maximum Gasteiger partial charge on any atom is 0.286 e. The van der Waals surface area contributed by atoms with Crippen molar-refractivity contribution < 1.29 is 4.92 Å². The molecule has 2 N–H and O–H groups in total. The maximum atomic E-state index is 11.1. The highest BCUT2D eigenvalue weighted by atomic mass is 35.5. The first-order chi connectivity index (χ1) is 11.0. The number of hydrogen-bond acceptors (Lipinski definition) is 4. The Balaban J connectivity index is 2.29. The highest BCUT2D eigenvalue weighted by molar-refractivity contribution is 6.31. The molecule has 0 bridgehead atoms. The maximum absolute atomic E-state index is 11.1. The van der Waals surface area contributed by atoms with Crippen LogP contribution in [0.25, 0.3) is 16.9 Å². The predicted molar refractivity (Wildman–Crippen MR) is 89.8 cm³/mol. The van der Waals surface area contributed by atoms with Crippen LogP contribution in [-0.2, 0) is 6.42 Å². The first kappa shape index (κ1) is 15.5. The number of aryl methyl sites for hydroxylation is 1. The normalized spacial score (nSPS) is 11.1. The molecule has 23 heavy (non-hydrogen) atoms. The van der Waals surface area contributed by atoms with Crippen LogP contribution in [0.4, 0.5) is 5.69 Å². The molecule has 0 spiro atoms. The molecule has 3 rings (SSSR count). The molecule has 0 amide bonds. The van der Waals surface area contributed by atoms with Crippen LogP contribution in [0, 0.1) is 17.0 Å². The van der Waals surface area contributed by atoms with Crippen molar-refractivity contribution in [2.75, 3.05) is 6.54 Å². The summed E-state index contributed by atoms with van der Waals surface area (Å²) in [5, 5.41) is 11.7. The second kappa shape index (κ2) is 5.98. The van der Waals surface area contributed by atoms with Crippen LogP contribution in [-0.4, -0.2) is 20.9 Å². The first-order valence-corrected chi connectivity index (χ1v) is 7.51. The van der Waals surface area contributed by atoms with Gasteiger partial charge in [0, 0.05) is 23.1 Å². The lowest BCUT2D eigenvalue weighted by Gasteiger charge is -2.07. The summed E-state index contributed by atoms with van der Waals surface area (Å²) in [5.74, 6) is 0. The van der Waals surface area contributed by atoms with E-state index in [9.17, 15) is 10.1 Å². The highest BCUT2D eigenvalue weighted by Gasteiger charge is 2.17. The van der Waals surface area contributed by atoms with Gasteiger partial charge in [-0.3, -0.25) is 14.5 Å². The lowest BCUT2D eigenvalue weighted by Crippen LogP contribution is -2.04. The summed E-state index contributed by atoms with van der Waals surface area (Å²) < 4.78 is 1.74. The van der Waals surface area contributed by atoms with Crippen LogP contribution in [0.5, 0.6) is 0 Å². The summed E-state index contributed by atoms with van der Waals surface area (Å²) in [6, 6.07) is 8.74. The van der Waals surface area contributed by atoms with E-state index in [1.54, 1.807) is 10.5 Å². The van der Waals surface area contributed by atoms with Crippen molar-refractivity contribution in [2.45, 2.75) is 13.3 Å². The molecule has 0 aliphatic carbocycles. The number of hydrogen-bond donors (Lipinski definition) is 1. The molecule has 0 aliphatic heterocycles. The van der Waals surface area contributed by atoms with Crippen molar-refractivity contribution in [1.82, 2.24) is 9.38 Å². The van der Waals surface area contributed by atoms with E-state index >= 15 is 0 Å². The van der Waals surface area contributed by atoms with Gasteiger partial charge < -0.3 is 5.73 Å². The molecule has 7 heteroatoms. The molecule has 1 aromatic carbocycles. The monoisotopic (exact) mass is 330 g/mol. The van der Waals surface area contributed by atoms with E-state index in [1.165, 1.54) is 12.3 Å². The number of imidazole rings is 1. The third-order valence-electron chi connectivity index (χ3n) is 3.70. The molecular weight excluding hydrogens is 316 g/mol. The van der Waals surface area contributed by atoms with E-state index in [0.717, 1.165) is 22.5 Å². The molecule has 6 nitrogen and oxygen atoms in total. The van der Waals surface area contributed by atoms with Crippen molar-refractivity contribution in [3.63, 3.8) is 0 Å². The molecular formula is C16H15ClN4O2. The molecule has 0 fully saturated rings. The van der Waals surface area contributed by atoms with Crippen molar-refractivity contribution in [3.05, 3.63) is 62.9 Å². The summed E-state index contributed by atoms with van der Waals surface area (Å²) in [5.41, 5.74) is 9.82. The fourth-order valence-electron chi connectivity index (χ4n) is 2.60. The fraction of sp³-hybridized carbons (Fsp3) is 0.188. The summed E-state index contributed by atoms with van der Waals surface area (Å²) in [6.07, 6.45) is 2.08. The van der Waals surface area contributed by atoms with Gasteiger partial charge in [-0.1, -0.05) is 17.7 Å². The van der Waals surface area contributed by atoms with E-state index in [4.69, 9.17) is 17.3 Å². The Bertz CT molecular complexity index is 904. The zero-order valence-corrected chi connectivity index (χ0v) is 13.2. The van der Waals surface area contributed by atoms with Gasteiger partial charge in [0.1, 0.15) is 5.65 Å². The zero-order valence-electron chi connectivity index (χ0n) is 12.5. The zero-order chi connectivity index (χ0) is 16.6. The Kier molecular flexibility index (Phi) is 4.02. The second-order valence-electron chi connectivity index (χ2n) is 5.28. The van der Waals surface area contributed by atoms with Gasteiger partial charge in [-0.15, -0.1) is 0 Å². The number of nitrogens with two attached hydrogens (primary N) is 1. The molecule has 2 heterocycles. The third-order valence-corrected chi connectivity index (χ3v) is 4.12. The molecule has 118 valence electrons. The highest BCUT2D eigenvalue weighted by Crippen LogP contribution is 2.30. The summed E-state index contributed by atoms with van der Waals surface area (Å²) >= 11 is 6.10. The van der Waals surface area contributed by atoms with E-state index in [2.05, 4.69) is 4.98 Å². The molecule has 0 aliphatic rings. The molecule has 0 radical (unpaired) electrons. The van der Waals surface area contributed by atoms with Crippen molar-refractivity contribution in [2.24, 2.45) is 5.73 Å². The van der Waals surface area contributed by atoms with Gasteiger partial charge >= 0.3 is 0 Å². The smallest absolute Gasteiger partial charge is 0.286 e. The number of nitrogens with zero attached hydrogens (tertiary/aromatic N) is 3. The third kappa shape index (κ3) is 2.78. The number of halogens is 1. The van der Waals surface area contributed by atoms with E-state index in [0.29, 0.717) is 23.6 Å². The number of fused-ring (bicyclic) bond motifs is 1. The van der Waals surface area contributed by atoms with Gasteiger partial charge in [-0.05, 0) is 37.2 Å². The van der Waals surface area contributed by atoms with Crippen molar-refractivity contribution in [1.29, 1.82) is 0 Å². The minimum absolute atomic E-state index is 0.0149. The fourth-order valence-corrected chi connectivity index (χ4v) is 2.72. The minimum Gasteiger partial charge on any atom is -0.330 e. The van der Waals surface area contributed by atoms with E-state index in [-0.39, 0.29) is 5.69 Å². The SMILES string of the molecule is Cc1cc(-c2c(CCN)nc3ccc([N+](=O)[O-])cn23)ccc1Cl. The quantitative estimate of drug-likeness (QED) is 0.587. The van der Waals surface area contributed by atoms with Crippen LogP contribution in [0.3, 0.4) is 0 Å². The number of aromatic nitrogens is 2. The molecule has 3 aromatic rings. The summed E-state index contributed by atoms with van der Waals surface area (Å²) in [6.45, 7) is 2.37. The standard InChI is InChI=1S/C16H15ClN4O2/c1-10-8-11(2-4-13(10)17)16-14(6-7-18)19-15-5-3-12(21(22)23)9-20(15)16/h2-5,8-9H,6-7,18H2,1H3. The predicted octanol–water partition coefficient (Wildman–Crippen LogP) is 3.37. The van der Waals surface area contributed by atoms with Gasteiger partial charge in [0.2, 0.25) is 0 Å². The van der Waals surface area contributed by atoms with Crippen LogP contribution in [0.15, 0.2) is 36.5 Å². The molecule has 0 saturated carbocycles. The number of rotatable bonds is 4.